The molecule has 0 saturated heterocycles. The van der Waals surface area contributed by atoms with Gasteiger partial charge in [0.2, 0.25) is 5.54 Å². The molecule has 3 N–H and O–H groups in total. The quantitative estimate of drug-likeness (QED) is 0.613. The van der Waals surface area contributed by atoms with Crippen LogP contribution >= 0.6 is 0 Å². The van der Waals surface area contributed by atoms with E-state index in [1.165, 1.54) is 6.92 Å². The SMILES string of the molecule is C[C@H](OCc1ccccc1)[C@@](N)(C(=O)O)C(=O)OC(C)(C)C. The van der Waals surface area contributed by atoms with Gasteiger partial charge in [-0.25, -0.2) is 9.59 Å². The summed E-state index contributed by atoms with van der Waals surface area (Å²) in [5, 5.41) is 9.36. The summed E-state index contributed by atoms with van der Waals surface area (Å²) < 4.78 is 10.6. The van der Waals surface area contributed by atoms with Crippen molar-refractivity contribution in [2.75, 3.05) is 0 Å². The first-order chi connectivity index (χ1) is 10.1. The summed E-state index contributed by atoms with van der Waals surface area (Å²) in [7, 11) is 0. The normalized spacial score (nSPS) is 15.7. The Morgan fingerprint density at radius 2 is 1.77 bits per heavy atom. The highest BCUT2D eigenvalue weighted by molar-refractivity contribution is 6.04. The van der Waals surface area contributed by atoms with Gasteiger partial charge in [0.1, 0.15) is 5.60 Å². The number of benzene rings is 1. The molecule has 0 aliphatic heterocycles. The van der Waals surface area contributed by atoms with Gasteiger partial charge in [-0.2, -0.15) is 0 Å². The third-order valence-corrected chi connectivity index (χ3v) is 3.07. The highest BCUT2D eigenvalue weighted by Crippen LogP contribution is 2.19. The second-order valence-corrected chi connectivity index (χ2v) is 6.11. The minimum Gasteiger partial charge on any atom is -0.479 e. The maximum Gasteiger partial charge on any atom is 0.341 e. The summed E-state index contributed by atoms with van der Waals surface area (Å²) in [5.41, 5.74) is 3.55. The molecule has 6 heteroatoms. The van der Waals surface area contributed by atoms with E-state index in [-0.39, 0.29) is 6.61 Å². The van der Waals surface area contributed by atoms with Crippen molar-refractivity contribution < 1.29 is 24.2 Å². The van der Waals surface area contributed by atoms with E-state index in [9.17, 15) is 14.7 Å². The Balaban J connectivity index is 2.84. The highest BCUT2D eigenvalue weighted by atomic mass is 16.6. The Labute approximate surface area is 130 Å². The van der Waals surface area contributed by atoms with Crippen molar-refractivity contribution in [1.29, 1.82) is 0 Å². The number of ether oxygens (including phenoxy) is 2. The average molecular weight is 309 g/mol. The van der Waals surface area contributed by atoms with Crippen molar-refractivity contribution in [1.82, 2.24) is 0 Å². The molecule has 0 radical (unpaired) electrons. The van der Waals surface area contributed by atoms with E-state index < -0.39 is 29.2 Å². The number of nitrogens with two attached hydrogens (primary N) is 1. The first kappa shape index (κ1) is 18.1. The molecular formula is C16H23NO5. The van der Waals surface area contributed by atoms with Gasteiger partial charge in [0.05, 0.1) is 12.7 Å². The van der Waals surface area contributed by atoms with E-state index in [0.29, 0.717) is 0 Å². The van der Waals surface area contributed by atoms with Crippen LogP contribution in [0.4, 0.5) is 0 Å². The van der Waals surface area contributed by atoms with Gasteiger partial charge in [0.15, 0.2) is 0 Å². The van der Waals surface area contributed by atoms with Crippen LogP contribution in [0.15, 0.2) is 30.3 Å². The fourth-order valence-electron chi connectivity index (χ4n) is 1.72. The highest BCUT2D eigenvalue weighted by Gasteiger charge is 2.51. The number of carboxylic acids is 1. The second kappa shape index (κ2) is 6.89. The molecule has 0 spiro atoms. The zero-order valence-electron chi connectivity index (χ0n) is 13.3. The molecule has 1 aromatic carbocycles. The summed E-state index contributed by atoms with van der Waals surface area (Å²) in [6.45, 7) is 6.52. The zero-order chi connectivity index (χ0) is 17.0. The van der Waals surface area contributed by atoms with Gasteiger partial charge in [-0.05, 0) is 33.3 Å². The van der Waals surface area contributed by atoms with Gasteiger partial charge in [0.25, 0.3) is 0 Å². The first-order valence-electron chi connectivity index (χ1n) is 6.98. The smallest absolute Gasteiger partial charge is 0.341 e. The van der Waals surface area contributed by atoms with Gasteiger partial charge in [0, 0.05) is 0 Å². The molecule has 0 bridgehead atoms. The summed E-state index contributed by atoms with van der Waals surface area (Å²) in [6, 6.07) is 9.20. The topological polar surface area (TPSA) is 98.9 Å². The van der Waals surface area contributed by atoms with Gasteiger partial charge >= 0.3 is 11.9 Å². The molecule has 0 aromatic heterocycles. The van der Waals surface area contributed by atoms with Crippen molar-refractivity contribution in [3.63, 3.8) is 0 Å². The van der Waals surface area contributed by atoms with Crippen molar-refractivity contribution in [2.45, 2.75) is 51.5 Å². The predicted molar refractivity (Wildman–Crippen MR) is 81.1 cm³/mol. The molecule has 0 saturated carbocycles. The molecule has 0 aliphatic carbocycles. The molecule has 0 unspecified atom stereocenters. The van der Waals surface area contributed by atoms with Crippen LogP contribution in [0.1, 0.15) is 33.3 Å². The molecule has 0 fully saturated rings. The molecule has 0 aliphatic rings. The zero-order valence-corrected chi connectivity index (χ0v) is 13.3. The largest absolute Gasteiger partial charge is 0.479 e. The van der Waals surface area contributed by atoms with Gasteiger partial charge in [-0.3, -0.25) is 0 Å². The molecule has 6 nitrogen and oxygen atoms in total. The van der Waals surface area contributed by atoms with E-state index in [1.807, 2.05) is 30.3 Å². The van der Waals surface area contributed by atoms with Crippen molar-refractivity contribution >= 4 is 11.9 Å². The molecule has 0 heterocycles. The Bertz CT molecular complexity index is 523. The standard InChI is InChI=1S/C16H23NO5/c1-11(21-10-12-8-6-5-7-9-12)16(17,13(18)19)14(20)22-15(2,3)4/h5-9,11H,10,17H2,1-4H3,(H,18,19)/t11-,16+/m0/s1. The lowest BCUT2D eigenvalue weighted by Gasteiger charge is -2.32. The van der Waals surface area contributed by atoms with Crippen LogP contribution in [-0.2, 0) is 25.7 Å². The second-order valence-electron chi connectivity index (χ2n) is 6.11. The van der Waals surface area contributed by atoms with Crippen LogP contribution in [-0.4, -0.2) is 34.3 Å². The minimum absolute atomic E-state index is 0.150. The predicted octanol–water partition coefficient (Wildman–Crippen LogP) is 1.72. The number of hydrogen-bond acceptors (Lipinski definition) is 5. The van der Waals surface area contributed by atoms with Gasteiger partial charge < -0.3 is 20.3 Å². The Morgan fingerprint density at radius 1 is 1.23 bits per heavy atom. The lowest BCUT2D eigenvalue weighted by Crippen LogP contribution is -2.64. The van der Waals surface area contributed by atoms with E-state index in [1.54, 1.807) is 20.8 Å². The van der Waals surface area contributed by atoms with Crippen LogP contribution < -0.4 is 5.73 Å². The lowest BCUT2D eigenvalue weighted by atomic mass is 9.94. The number of carboxylic acid groups (broad SMARTS) is 1. The number of hydrogen-bond donors (Lipinski definition) is 2. The third-order valence-electron chi connectivity index (χ3n) is 3.07. The lowest BCUT2D eigenvalue weighted by molar-refractivity contribution is -0.177. The van der Waals surface area contributed by atoms with E-state index >= 15 is 0 Å². The van der Waals surface area contributed by atoms with E-state index in [2.05, 4.69) is 0 Å². The van der Waals surface area contributed by atoms with Gasteiger partial charge in [-0.15, -0.1) is 0 Å². The van der Waals surface area contributed by atoms with Gasteiger partial charge in [-0.1, -0.05) is 30.3 Å². The number of aliphatic carboxylic acids is 1. The molecule has 1 rings (SSSR count). The van der Waals surface area contributed by atoms with E-state index in [0.717, 1.165) is 5.56 Å². The molecule has 1 aromatic rings. The fraction of sp³-hybridized carbons (Fsp3) is 0.500. The van der Waals surface area contributed by atoms with Crippen LogP contribution in [0, 0.1) is 0 Å². The summed E-state index contributed by atoms with van der Waals surface area (Å²) in [4.78, 5) is 23.7. The Hall–Kier alpha value is -1.92. The van der Waals surface area contributed by atoms with Crippen LogP contribution in [0.5, 0.6) is 0 Å². The van der Waals surface area contributed by atoms with Crippen LogP contribution in [0.2, 0.25) is 0 Å². The summed E-state index contributed by atoms with van der Waals surface area (Å²) in [6.07, 6.45) is -1.06. The maximum absolute atomic E-state index is 12.2. The number of esters is 1. The molecular weight excluding hydrogens is 286 g/mol. The Morgan fingerprint density at radius 3 is 2.23 bits per heavy atom. The number of rotatable bonds is 6. The molecule has 2 atom stereocenters. The van der Waals surface area contributed by atoms with Crippen molar-refractivity contribution in [2.24, 2.45) is 5.73 Å². The fourth-order valence-corrected chi connectivity index (χ4v) is 1.72. The summed E-state index contributed by atoms with van der Waals surface area (Å²) >= 11 is 0. The van der Waals surface area contributed by atoms with Crippen LogP contribution in [0.3, 0.4) is 0 Å². The third kappa shape index (κ3) is 4.54. The average Bonchev–Trinajstić information content (AvgIpc) is 2.42. The molecule has 122 valence electrons. The van der Waals surface area contributed by atoms with E-state index in [4.69, 9.17) is 15.2 Å². The minimum atomic E-state index is -2.26. The number of carbonyl (C=O) groups excluding carboxylic acids is 1. The summed E-state index contributed by atoms with van der Waals surface area (Å²) in [5.74, 6) is -2.50. The maximum atomic E-state index is 12.2. The van der Waals surface area contributed by atoms with Crippen LogP contribution in [0.25, 0.3) is 0 Å². The van der Waals surface area contributed by atoms with Crippen molar-refractivity contribution in [3.05, 3.63) is 35.9 Å². The van der Waals surface area contributed by atoms with Crippen molar-refractivity contribution in [3.8, 4) is 0 Å². The number of carbonyl (C=O) groups is 2. The monoisotopic (exact) mass is 309 g/mol. The molecule has 0 amide bonds. The Kier molecular flexibility index (Phi) is 5.68. The molecule has 22 heavy (non-hydrogen) atoms. The first-order valence-corrected chi connectivity index (χ1v) is 6.98.